The van der Waals surface area contributed by atoms with Gasteiger partial charge in [0.1, 0.15) is 5.82 Å². The molecular formula is C14H18N6O2. The third-order valence-corrected chi connectivity index (χ3v) is 3.70. The summed E-state index contributed by atoms with van der Waals surface area (Å²) in [5, 5.41) is 0. The molecule has 1 aliphatic rings. The highest BCUT2D eigenvalue weighted by atomic mass is 16.3. The van der Waals surface area contributed by atoms with E-state index < -0.39 is 0 Å². The van der Waals surface area contributed by atoms with Crippen molar-refractivity contribution in [3.05, 3.63) is 35.9 Å². The molecule has 3 rings (SSSR count). The largest absolute Gasteiger partial charge is 0.459 e. The summed E-state index contributed by atoms with van der Waals surface area (Å²) in [6.07, 6.45) is 3.16. The lowest BCUT2D eigenvalue weighted by molar-refractivity contribution is 0.0598. The Morgan fingerprint density at radius 1 is 1.27 bits per heavy atom. The van der Waals surface area contributed by atoms with Gasteiger partial charge in [0.2, 0.25) is 5.95 Å². The molecule has 0 spiro atoms. The summed E-state index contributed by atoms with van der Waals surface area (Å²) in [6, 6.07) is 3.40. The Morgan fingerprint density at radius 3 is 2.68 bits per heavy atom. The number of carbonyl (C=O) groups excluding carboxylic acids is 1. The molecule has 0 unspecified atom stereocenters. The first kappa shape index (κ1) is 14.3. The SMILES string of the molecule is Nc1ncc(CN2CCN(C(=O)c3ccco3)CC2)c(N)n1. The zero-order valence-corrected chi connectivity index (χ0v) is 12.1. The van der Waals surface area contributed by atoms with E-state index in [1.54, 1.807) is 23.2 Å². The number of hydrogen-bond acceptors (Lipinski definition) is 7. The number of nitrogen functional groups attached to an aromatic ring is 2. The Morgan fingerprint density at radius 2 is 2.05 bits per heavy atom. The molecule has 0 aromatic carbocycles. The molecule has 1 amide bonds. The Bertz CT molecular complexity index is 649. The van der Waals surface area contributed by atoms with Crippen molar-refractivity contribution < 1.29 is 9.21 Å². The molecule has 1 aliphatic heterocycles. The smallest absolute Gasteiger partial charge is 0.289 e. The van der Waals surface area contributed by atoms with Crippen LogP contribution in [0.4, 0.5) is 11.8 Å². The molecule has 4 N–H and O–H groups in total. The van der Waals surface area contributed by atoms with E-state index in [-0.39, 0.29) is 11.9 Å². The molecule has 8 nitrogen and oxygen atoms in total. The van der Waals surface area contributed by atoms with Gasteiger partial charge in [-0.2, -0.15) is 4.98 Å². The average molecular weight is 302 g/mol. The minimum atomic E-state index is -0.0695. The summed E-state index contributed by atoms with van der Waals surface area (Å²) in [6.45, 7) is 3.46. The van der Waals surface area contributed by atoms with Crippen LogP contribution in [-0.2, 0) is 6.54 Å². The van der Waals surface area contributed by atoms with Crippen LogP contribution in [0.25, 0.3) is 0 Å². The van der Waals surface area contributed by atoms with E-state index >= 15 is 0 Å². The first-order valence-corrected chi connectivity index (χ1v) is 7.05. The second-order valence-corrected chi connectivity index (χ2v) is 5.18. The lowest BCUT2D eigenvalue weighted by atomic mass is 10.2. The van der Waals surface area contributed by atoms with Gasteiger partial charge in [-0.3, -0.25) is 9.69 Å². The Kier molecular flexibility index (Phi) is 3.92. The fraction of sp³-hybridized carbons (Fsp3) is 0.357. The fourth-order valence-electron chi connectivity index (χ4n) is 2.46. The molecule has 0 atom stereocenters. The first-order valence-electron chi connectivity index (χ1n) is 7.05. The maximum Gasteiger partial charge on any atom is 0.289 e. The van der Waals surface area contributed by atoms with E-state index in [0.29, 0.717) is 31.2 Å². The predicted molar refractivity (Wildman–Crippen MR) is 80.7 cm³/mol. The minimum absolute atomic E-state index is 0.0695. The molecule has 2 aromatic rings. The highest BCUT2D eigenvalue weighted by molar-refractivity contribution is 5.91. The summed E-state index contributed by atoms with van der Waals surface area (Å²) in [7, 11) is 0. The summed E-state index contributed by atoms with van der Waals surface area (Å²) < 4.78 is 5.15. The highest BCUT2D eigenvalue weighted by Crippen LogP contribution is 2.14. The number of nitrogens with two attached hydrogens (primary N) is 2. The highest BCUT2D eigenvalue weighted by Gasteiger charge is 2.24. The number of aromatic nitrogens is 2. The van der Waals surface area contributed by atoms with Gasteiger partial charge in [-0.05, 0) is 12.1 Å². The van der Waals surface area contributed by atoms with Crippen LogP contribution in [0.15, 0.2) is 29.0 Å². The summed E-state index contributed by atoms with van der Waals surface area (Å²) >= 11 is 0. The predicted octanol–water partition coefficient (Wildman–Crippen LogP) is 0.192. The number of piperazine rings is 1. The Labute approximate surface area is 127 Å². The number of rotatable bonds is 3. The lowest BCUT2D eigenvalue weighted by Gasteiger charge is -2.34. The van der Waals surface area contributed by atoms with Crippen molar-refractivity contribution in [3.8, 4) is 0 Å². The van der Waals surface area contributed by atoms with Crippen LogP contribution in [-0.4, -0.2) is 51.9 Å². The number of hydrogen-bond donors (Lipinski definition) is 2. The van der Waals surface area contributed by atoms with Crippen molar-refractivity contribution >= 4 is 17.7 Å². The number of carbonyl (C=O) groups is 1. The third kappa shape index (κ3) is 3.01. The molecule has 8 heteroatoms. The van der Waals surface area contributed by atoms with Crippen LogP contribution in [0.5, 0.6) is 0 Å². The minimum Gasteiger partial charge on any atom is -0.459 e. The average Bonchev–Trinajstić information content (AvgIpc) is 3.04. The molecule has 0 saturated carbocycles. The molecule has 1 saturated heterocycles. The monoisotopic (exact) mass is 302 g/mol. The van der Waals surface area contributed by atoms with Crippen molar-refractivity contribution in [2.45, 2.75) is 6.54 Å². The van der Waals surface area contributed by atoms with Gasteiger partial charge >= 0.3 is 0 Å². The number of furan rings is 1. The van der Waals surface area contributed by atoms with Gasteiger partial charge in [0.25, 0.3) is 5.91 Å². The van der Waals surface area contributed by atoms with Crippen molar-refractivity contribution in [3.63, 3.8) is 0 Å². The number of anilines is 2. The number of amides is 1. The van der Waals surface area contributed by atoms with E-state index in [1.807, 2.05) is 0 Å². The molecule has 2 aromatic heterocycles. The van der Waals surface area contributed by atoms with Crippen LogP contribution in [0.2, 0.25) is 0 Å². The maximum atomic E-state index is 12.2. The summed E-state index contributed by atoms with van der Waals surface area (Å²) in [5.74, 6) is 0.890. The van der Waals surface area contributed by atoms with Crippen molar-refractivity contribution in [2.75, 3.05) is 37.6 Å². The second-order valence-electron chi connectivity index (χ2n) is 5.18. The quantitative estimate of drug-likeness (QED) is 0.831. The molecule has 3 heterocycles. The van der Waals surface area contributed by atoms with E-state index in [9.17, 15) is 4.79 Å². The van der Waals surface area contributed by atoms with E-state index in [4.69, 9.17) is 15.9 Å². The maximum absolute atomic E-state index is 12.2. The van der Waals surface area contributed by atoms with Crippen LogP contribution in [0.3, 0.4) is 0 Å². The van der Waals surface area contributed by atoms with Crippen molar-refractivity contribution in [1.82, 2.24) is 19.8 Å². The first-order chi connectivity index (χ1) is 10.6. The molecule has 116 valence electrons. The van der Waals surface area contributed by atoms with Gasteiger partial charge in [0.15, 0.2) is 5.76 Å². The van der Waals surface area contributed by atoms with Gasteiger partial charge in [-0.25, -0.2) is 4.98 Å². The molecule has 0 radical (unpaired) electrons. The van der Waals surface area contributed by atoms with Gasteiger partial charge in [0.05, 0.1) is 6.26 Å². The van der Waals surface area contributed by atoms with Gasteiger partial charge in [-0.15, -0.1) is 0 Å². The topological polar surface area (TPSA) is 115 Å². The van der Waals surface area contributed by atoms with E-state index in [2.05, 4.69) is 14.9 Å². The second kappa shape index (κ2) is 6.02. The van der Waals surface area contributed by atoms with Gasteiger partial charge in [0, 0.05) is 44.5 Å². The molecule has 0 bridgehead atoms. The zero-order valence-electron chi connectivity index (χ0n) is 12.1. The summed E-state index contributed by atoms with van der Waals surface area (Å²) in [4.78, 5) is 24.1. The normalized spacial score (nSPS) is 15.9. The molecule has 1 fully saturated rings. The van der Waals surface area contributed by atoms with Gasteiger partial charge < -0.3 is 20.8 Å². The fourth-order valence-corrected chi connectivity index (χ4v) is 2.46. The zero-order chi connectivity index (χ0) is 15.5. The van der Waals surface area contributed by atoms with Crippen LogP contribution in [0.1, 0.15) is 16.1 Å². The Hall–Kier alpha value is -2.61. The van der Waals surface area contributed by atoms with E-state index in [1.165, 1.54) is 6.26 Å². The van der Waals surface area contributed by atoms with Crippen molar-refractivity contribution in [2.24, 2.45) is 0 Å². The standard InChI is InChI=1S/C14H18N6O2/c15-12-10(8-17-14(16)18-12)9-19-3-5-20(6-4-19)13(21)11-2-1-7-22-11/h1-2,7-8H,3-6,9H2,(H4,15,16,17,18). The van der Waals surface area contributed by atoms with E-state index in [0.717, 1.165) is 18.7 Å². The molecule has 0 aliphatic carbocycles. The lowest BCUT2D eigenvalue weighted by Crippen LogP contribution is -2.48. The van der Waals surface area contributed by atoms with Crippen LogP contribution >= 0.6 is 0 Å². The number of nitrogens with zero attached hydrogens (tertiary/aromatic N) is 4. The Balaban J connectivity index is 1.56. The van der Waals surface area contributed by atoms with Crippen LogP contribution in [0, 0.1) is 0 Å². The van der Waals surface area contributed by atoms with Gasteiger partial charge in [-0.1, -0.05) is 0 Å². The third-order valence-electron chi connectivity index (χ3n) is 3.70. The molecular weight excluding hydrogens is 284 g/mol. The van der Waals surface area contributed by atoms with Crippen LogP contribution < -0.4 is 11.5 Å². The van der Waals surface area contributed by atoms with Crippen molar-refractivity contribution in [1.29, 1.82) is 0 Å². The summed E-state index contributed by atoms with van der Waals surface area (Å²) in [5.41, 5.74) is 12.2. The molecule has 22 heavy (non-hydrogen) atoms.